The zero-order valence-electron chi connectivity index (χ0n) is 13.2. The highest BCUT2D eigenvalue weighted by Crippen LogP contribution is 2.14. The third-order valence-corrected chi connectivity index (χ3v) is 3.47. The Morgan fingerprint density at radius 1 is 1.11 bits per heavy atom. The molecule has 0 aliphatic rings. The number of rotatable bonds is 12. The molecule has 0 amide bonds. The minimum atomic E-state index is -0.778. The lowest BCUT2D eigenvalue weighted by molar-refractivity contribution is -0.144. The Labute approximate surface area is 118 Å². The summed E-state index contributed by atoms with van der Waals surface area (Å²) >= 11 is 0. The van der Waals surface area contributed by atoms with Gasteiger partial charge in [0.2, 0.25) is 0 Å². The first-order valence-corrected chi connectivity index (χ1v) is 7.70. The van der Waals surface area contributed by atoms with Crippen LogP contribution in [0.15, 0.2) is 0 Å². The number of carboxylic acids is 1. The second-order valence-corrected chi connectivity index (χ2v) is 5.51. The molecule has 1 unspecified atom stereocenters. The molecule has 0 rings (SSSR count). The summed E-state index contributed by atoms with van der Waals surface area (Å²) in [6.45, 7) is 12.2. The van der Waals surface area contributed by atoms with Crippen molar-refractivity contribution in [2.24, 2.45) is 0 Å². The van der Waals surface area contributed by atoms with Crippen LogP contribution in [0.3, 0.4) is 0 Å². The van der Waals surface area contributed by atoms with Gasteiger partial charge in [0, 0.05) is 0 Å². The lowest BCUT2D eigenvalue weighted by Gasteiger charge is -2.28. The predicted molar refractivity (Wildman–Crippen MR) is 80.6 cm³/mol. The molecular formula is C15H32N2O2. The Balaban J connectivity index is 4.19. The maximum Gasteiger partial charge on any atom is 0.323 e. The fraction of sp³-hybridized carbons (Fsp3) is 0.933. The highest BCUT2D eigenvalue weighted by Gasteiger charge is 2.31. The van der Waals surface area contributed by atoms with Crippen LogP contribution in [0, 0.1) is 0 Å². The summed E-state index contributed by atoms with van der Waals surface area (Å²) in [5, 5.41) is 12.5. The number of carboxylic acid groups (broad SMARTS) is 1. The first-order valence-electron chi connectivity index (χ1n) is 7.70. The van der Waals surface area contributed by atoms with Crippen molar-refractivity contribution in [1.82, 2.24) is 10.2 Å². The monoisotopic (exact) mass is 272 g/mol. The Kier molecular flexibility index (Phi) is 9.88. The molecule has 1 atom stereocenters. The van der Waals surface area contributed by atoms with E-state index in [1.54, 1.807) is 6.92 Å². The molecule has 0 saturated heterocycles. The van der Waals surface area contributed by atoms with Crippen molar-refractivity contribution in [1.29, 1.82) is 0 Å². The average Bonchev–Trinajstić information content (AvgIpc) is 2.36. The molecule has 114 valence electrons. The highest BCUT2D eigenvalue weighted by atomic mass is 16.4. The van der Waals surface area contributed by atoms with Crippen LogP contribution in [-0.2, 0) is 4.79 Å². The van der Waals surface area contributed by atoms with Gasteiger partial charge in [0.15, 0.2) is 0 Å². The summed E-state index contributed by atoms with van der Waals surface area (Å²) in [7, 11) is 0. The van der Waals surface area contributed by atoms with Crippen LogP contribution in [0.2, 0.25) is 0 Å². The molecule has 4 heteroatoms. The van der Waals surface area contributed by atoms with Crippen molar-refractivity contribution in [3.05, 3.63) is 0 Å². The summed E-state index contributed by atoms with van der Waals surface area (Å²) in [5.41, 5.74) is -0.778. The number of carbonyl (C=O) groups is 1. The van der Waals surface area contributed by atoms with Gasteiger partial charge in [-0.2, -0.15) is 0 Å². The van der Waals surface area contributed by atoms with Gasteiger partial charge < -0.3 is 15.3 Å². The van der Waals surface area contributed by atoms with E-state index in [0.717, 1.165) is 51.9 Å². The van der Waals surface area contributed by atoms with Crippen molar-refractivity contribution in [3.63, 3.8) is 0 Å². The third kappa shape index (κ3) is 7.53. The van der Waals surface area contributed by atoms with Crippen molar-refractivity contribution in [2.75, 3.05) is 26.2 Å². The fourth-order valence-electron chi connectivity index (χ4n) is 2.30. The average molecular weight is 272 g/mol. The van der Waals surface area contributed by atoms with Crippen molar-refractivity contribution < 1.29 is 9.90 Å². The molecule has 0 fully saturated rings. The van der Waals surface area contributed by atoms with Gasteiger partial charge in [-0.05, 0) is 65.2 Å². The van der Waals surface area contributed by atoms with E-state index in [2.05, 4.69) is 31.0 Å². The molecule has 0 aromatic rings. The Morgan fingerprint density at radius 3 is 2.11 bits per heavy atom. The minimum absolute atomic E-state index is 0.687. The molecule has 4 nitrogen and oxygen atoms in total. The Bertz CT molecular complexity index is 240. The number of hydrogen-bond donors (Lipinski definition) is 2. The maximum atomic E-state index is 11.4. The predicted octanol–water partition coefficient (Wildman–Crippen LogP) is 2.73. The summed E-state index contributed by atoms with van der Waals surface area (Å²) in [4.78, 5) is 13.8. The van der Waals surface area contributed by atoms with E-state index < -0.39 is 11.5 Å². The molecule has 19 heavy (non-hydrogen) atoms. The van der Waals surface area contributed by atoms with Crippen LogP contribution in [0.25, 0.3) is 0 Å². The van der Waals surface area contributed by atoms with E-state index in [9.17, 15) is 9.90 Å². The topological polar surface area (TPSA) is 52.6 Å². The molecule has 0 aliphatic carbocycles. The third-order valence-electron chi connectivity index (χ3n) is 3.47. The highest BCUT2D eigenvalue weighted by molar-refractivity contribution is 5.78. The van der Waals surface area contributed by atoms with Crippen LogP contribution in [0.1, 0.15) is 59.8 Å². The van der Waals surface area contributed by atoms with Crippen LogP contribution < -0.4 is 5.32 Å². The molecule has 0 saturated carbocycles. The molecule has 0 radical (unpaired) electrons. The van der Waals surface area contributed by atoms with Crippen molar-refractivity contribution in [3.8, 4) is 0 Å². The van der Waals surface area contributed by atoms with Gasteiger partial charge in [0.25, 0.3) is 0 Å². The molecule has 0 spiro atoms. The van der Waals surface area contributed by atoms with Gasteiger partial charge in [0.1, 0.15) is 5.54 Å². The van der Waals surface area contributed by atoms with Crippen LogP contribution >= 0.6 is 0 Å². The largest absolute Gasteiger partial charge is 0.480 e. The standard InChI is InChI=1S/C15H32N2O2/c1-5-10-16-15(4,14(18)19)9-8-13-17(11-6-2)12-7-3/h16H,5-13H2,1-4H3,(H,18,19). The van der Waals surface area contributed by atoms with E-state index in [4.69, 9.17) is 0 Å². The van der Waals surface area contributed by atoms with Gasteiger partial charge in [-0.15, -0.1) is 0 Å². The smallest absolute Gasteiger partial charge is 0.323 e. The Hall–Kier alpha value is -0.610. The van der Waals surface area contributed by atoms with E-state index >= 15 is 0 Å². The molecule has 0 aromatic carbocycles. The van der Waals surface area contributed by atoms with Gasteiger partial charge in [-0.3, -0.25) is 4.79 Å². The summed E-state index contributed by atoms with van der Waals surface area (Å²) < 4.78 is 0. The minimum Gasteiger partial charge on any atom is -0.480 e. The van der Waals surface area contributed by atoms with E-state index in [1.807, 2.05) is 0 Å². The quantitative estimate of drug-likeness (QED) is 0.573. The van der Waals surface area contributed by atoms with Gasteiger partial charge >= 0.3 is 5.97 Å². The maximum absolute atomic E-state index is 11.4. The van der Waals surface area contributed by atoms with Gasteiger partial charge in [-0.25, -0.2) is 0 Å². The van der Waals surface area contributed by atoms with Gasteiger partial charge in [0.05, 0.1) is 0 Å². The van der Waals surface area contributed by atoms with Crippen molar-refractivity contribution in [2.45, 2.75) is 65.3 Å². The number of aliphatic carboxylic acids is 1. The fourth-order valence-corrected chi connectivity index (χ4v) is 2.30. The second kappa shape index (κ2) is 10.2. The van der Waals surface area contributed by atoms with E-state index in [-0.39, 0.29) is 0 Å². The van der Waals surface area contributed by atoms with E-state index in [0.29, 0.717) is 6.42 Å². The van der Waals surface area contributed by atoms with Crippen molar-refractivity contribution >= 4 is 5.97 Å². The SMILES string of the molecule is CCCNC(C)(CCCN(CCC)CCC)C(=O)O. The van der Waals surface area contributed by atoms with E-state index in [1.165, 1.54) is 0 Å². The van der Waals surface area contributed by atoms with Crippen LogP contribution in [0.4, 0.5) is 0 Å². The number of hydrogen-bond acceptors (Lipinski definition) is 3. The first kappa shape index (κ1) is 18.4. The second-order valence-electron chi connectivity index (χ2n) is 5.51. The molecule has 0 aliphatic heterocycles. The molecule has 0 aromatic heterocycles. The molecule has 2 N–H and O–H groups in total. The first-order chi connectivity index (χ1) is 9.00. The molecule has 0 heterocycles. The Morgan fingerprint density at radius 2 is 1.68 bits per heavy atom. The summed E-state index contributed by atoms with van der Waals surface area (Å²) in [5.74, 6) is -0.738. The zero-order valence-corrected chi connectivity index (χ0v) is 13.2. The van der Waals surface area contributed by atoms with Crippen LogP contribution in [0.5, 0.6) is 0 Å². The summed E-state index contributed by atoms with van der Waals surface area (Å²) in [6, 6.07) is 0. The number of nitrogens with zero attached hydrogens (tertiary/aromatic N) is 1. The molecule has 0 bridgehead atoms. The lowest BCUT2D eigenvalue weighted by atomic mass is 9.95. The van der Waals surface area contributed by atoms with Gasteiger partial charge in [-0.1, -0.05) is 20.8 Å². The normalized spacial score (nSPS) is 14.6. The zero-order chi connectivity index (χ0) is 14.7. The molecular weight excluding hydrogens is 240 g/mol. The number of nitrogens with one attached hydrogen (secondary N) is 1. The summed E-state index contributed by atoms with van der Waals surface area (Å²) in [6.07, 6.45) is 4.89. The van der Waals surface area contributed by atoms with Crippen LogP contribution in [-0.4, -0.2) is 47.7 Å². The lowest BCUT2D eigenvalue weighted by Crippen LogP contribution is -2.50.